The Morgan fingerprint density at radius 2 is 2.53 bits per heavy atom. The number of carbonyl (C=O) groups excluding carboxylic acids is 1. The summed E-state index contributed by atoms with van der Waals surface area (Å²) in [5.74, 6) is -0.0864. The highest BCUT2D eigenvalue weighted by Crippen LogP contribution is 2.26. The van der Waals surface area contributed by atoms with Crippen LogP contribution >= 0.6 is 27.3 Å². The van der Waals surface area contributed by atoms with E-state index in [-0.39, 0.29) is 24.1 Å². The minimum atomic E-state index is -0.0864. The van der Waals surface area contributed by atoms with Crippen LogP contribution in [0.3, 0.4) is 0 Å². The van der Waals surface area contributed by atoms with Gasteiger partial charge < -0.3 is 15.8 Å². The second-order valence-electron chi connectivity index (χ2n) is 3.99. The van der Waals surface area contributed by atoms with E-state index in [4.69, 9.17) is 10.5 Å². The van der Waals surface area contributed by atoms with Crippen molar-refractivity contribution in [3.05, 3.63) is 20.8 Å². The van der Waals surface area contributed by atoms with Gasteiger partial charge in [-0.3, -0.25) is 4.79 Å². The van der Waals surface area contributed by atoms with Gasteiger partial charge in [-0.2, -0.15) is 0 Å². The third-order valence-electron chi connectivity index (χ3n) is 2.87. The molecule has 4 nitrogen and oxygen atoms in total. The third-order valence-corrected chi connectivity index (χ3v) is 4.70. The normalized spacial score (nSPS) is 27.6. The molecule has 1 fully saturated rings. The Hall–Kier alpha value is -0.430. The van der Waals surface area contributed by atoms with Gasteiger partial charge in [0.25, 0.3) is 5.91 Å². The zero-order chi connectivity index (χ0) is 12.4. The maximum atomic E-state index is 12.0. The highest BCUT2D eigenvalue weighted by molar-refractivity contribution is 9.10. The van der Waals surface area contributed by atoms with E-state index in [1.165, 1.54) is 11.3 Å². The van der Waals surface area contributed by atoms with Crippen molar-refractivity contribution in [1.29, 1.82) is 0 Å². The monoisotopic (exact) mass is 318 g/mol. The van der Waals surface area contributed by atoms with Crippen molar-refractivity contribution in [2.24, 2.45) is 5.73 Å². The van der Waals surface area contributed by atoms with Crippen molar-refractivity contribution in [1.82, 2.24) is 5.32 Å². The quantitative estimate of drug-likeness (QED) is 0.889. The molecule has 1 aliphatic carbocycles. The number of carbonyl (C=O) groups is 1. The molecule has 0 bridgehead atoms. The van der Waals surface area contributed by atoms with E-state index in [0.29, 0.717) is 11.5 Å². The lowest BCUT2D eigenvalue weighted by molar-refractivity contribution is -0.0299. The smallest absolute Gasteiger partial charge is 0.262 e. The first-order valence-electron chi connectivity index (χ1n) is 5.54. The number of nitrogens with two attached hydrogens (primary N) is 1. The molecule has 0 radical (unpaired) electrons. The van der Waals surface area contributed by atoms with Crippen LogP contribution < -0.4 is 11.1 Å². The number of amides is 1. The number of thiophene rings is 1. The van der Waals surface area contributed by atoms with Crippen molar-refractivity contribution in [3.8, 4) is 0 Å². The zero-order valence-electron chi connectivity index (χ0n) is 9.48. The van der Waals surface area contributed by atoms with Crippen LogP contribution in [-0.2, 0) is 4.74 Å². The molecular formula is C11H15BrN2O2S. The fourth-order valence-electron chi connectivity index (χ4n) is 1.90. The van der Waals surface area contributed by atoms with Gasteiger partial charge in [-0.25, -0.2) is 0 Å². The fourth-order valence-corrected chi connectivity index (χ4v) is 3.35. The number of nitrogens with one attached hydrogen (secondary N) is 1. The lowest BCUT2D eigenvalue weighted by Gasteiger charge is -2.42. The Labute approximate surface area is 113 Å². The minimum absolute atomic E-state index is 0.00534. The van der Waals surface area contributed by atoms with Crippen LogP contribution in [0.1, 0.15) is 23.0 Å². The summed E-state index contributed by atoms with van der Waals surface area (Å²) in [6, 6.07) is 1.78. The van der Waals surface area contributed by atoms with Gasteiger partial charge in [-0.1, -0.05) is 0 Å². The molecule has 1 aliphatic rings. The third kappa shape index (κ3) is 2.70. The predicted octanol–water partition coefficient (Wildman–Crippen LogP) is 1.75. The molecule has 17 heavy (non-hydrogen) atoms. The number of hydrogen-bond acceptors (Lipinski definition) is 4. The summed E-state index contributed by atoms with van der Waals surface area (Å²) in [5.41, 5.74) is 5.88. The Morgan fingerprint density at radius 1 is 1.76 bits per heavy atom. The van der Waals surface area contributed by atoms with Gasteiger partial charge in [0.1, 0.15) is 4.88 Å². The average Bonchev–Trinajstić information content (AvgIpc) is 2.72. The number of rotatable bonds is 4. The zero-order valence-corrected chi connectivity index (χ0v) is 11.9. The number of halogens is 1. The summed E-state index contributed by atoms with van der Waals surface area (Å²) in [6.45, 7) is 2.59. The van der Waals surface area contributed by atoms with Crippen LogP contribution in [-0.4, -0.2) is 30.7 Å². The molecule has 1 saturated carbocycles. The van der Waals surface area contributed by atoms with Crippen molar-refractivity contribution >= 4 is 33.2 Å². The maximum Gasteiger partial charge on any atom is 0.262 e. The van der Waals surface area contributed by atoms with Crippen LogP contribution in [0.4, 0.5) is 0 Å². The van der Waals surface area contributed by atoms with E-state index in [1.807, 2.05) is 18.4 Å². The Bertz CT molecular complexity index is 408. The van der Waals surface area contributed by atoms with Gasteiger partial charge in [0.2, 0.25) is 0 Å². The van der Waals surface area contributed by atoms with Crippen LogP contribution in [0.25, 0.3) is 0 Å². The molecule has 6 heteroatoms. The first-order chi connectivity index (χ1) is 8.13. The SMILES string of the molecule is CCOC1CC(N)C1NC(=O)c1sccc1Br. The molecular weight excluding hydrogens is 304 g/mol. The summed E-state index contributed by atoms with van der Waals surface area (Å²) >= 11 is 4.75. The summed E-state index contributed by atoms with van der Waals surface area (Å²) in [4.78, 5) is 12.7. The Balaban J connectivity index is 1.97. The molecule has 1 aromatic rings. The lowest BCUT2D eigenvalue weighted by atomic mass is 9.83. The first kappa shape index (κ1) is 13.0. The second-order valence-corrected chi connectivity index (χ2v) is 5.76. The van der Waals surface area contributed by atoms with Crippen molar-refractivity contribution in [2.75, 3.05) is 6.61 Å². The molecule has 0 aliphatic heterocycles. The maximum absolute atomic E-state index is 12.0. The highest BCUT2D eigenvalue weighted by atomic mass is 79.9. The van der Waals surface area contributed by atoms with Gasteiger partial charge in [-0.15, -0.1) is 11.3 Å². The van der Waals surface area contributed by atoms with Gasteiger partial charge in [-0.05, 0) is 40.7 Å². The van der Waals surface area contributed by atoms with Gasteiger partial charge >= 0.3 is 0 Å². The molecule has 0 spiro atoms. The van der Waals surface area contributed by atoms with Crippen molar-refractivity contribution < 1.29 is 9.53 Å². The standard InChI is InChI=1S/C11H15BrN2O2S/c1-2-16-8-5-7(13)9(8)14-11(15)10-6(12)3-4-17-10/h3-4,7-9H,2,5,13H2,1H3,(H,14,15). The fraction of sp³-hybridized carbons (Fsp3) is 0.545. The van der Waals surface area contributed by atoms with Crippen LogP contribution in [0.5, 0.6) is 0 Å². The van der Waals surface area contributed by atoms with Crippen LogP contribution in [0.2, 0.25) is 0 Å². The highest BCUT2D eigenvalue weighted by Gasteiger charge is 2.40. The lowest BCUT2D eigenvalue weighted by Crippen LogP contribution is -2.64. The van der Waals surface area contributed by atoms with E-state index >= 15 is 0 Å². The largest absolute Gasteiger partial charge is 0.376 e. The first-order valence-corrected chi connectivity index (χ1v) is 7.21. The summed E-state index contributed by atoms with van der Waals surface area (Å²) in [7, 11) is 0. The predicted molar refractivity (Wildman–Crippen MR) is 71.3 cm³/mol. The second kappa shape index (κ2) is 5.48. The number of ether oxygens (including phenoxy) is 1. The van der Waals surface area contributed by atoms with Crippen molar-refractivity contribution in [2.45, 2.75) is 31.5 Å². The topological polar surface area (TPSA) is 64.3 Å². The molecule has 0 aromatic carbocycles. The van der Waals surface area contributed by atoms with Gasteiger partial charge in [0.05, 0.1) is 12.1 Å². The summed E-state index contributed by atoms with van der Waals surface area (Å²) in [6.07, 6.45) is 0.863. The number of hydrogen-bond donors (Lipinski definition) is 2. The van der Waals surface area contributed by atoms with Crippen molar-refractivity contribution in [3.63, 3.8) is 0 Å². The summed E-state index contributed by atoms with van der Waals surface area (Å²) < 4.78 is 6.33. The van der Waals surface area contributed by atoms with E-state index in [0.717, 1.165) is 10.9 Å². The molecule has 3 unspecified atom stereocenters. The molecule has 1 aromatic heterocycles. The van der Waals surface area contributed by atoms with Crippen LogP contribution in [0, 0.1) is 0 Å². The molecule has 3 atom stereocenters. The molecule has 94 valence electrons. The van der Waals surface area contributed by atoms with E-state index in [2.05, 4.69) is 21.2 Å². The van der Waals surface area contributed by atoms with E-state index < -0.39 is 0 Å². The van der Waals surface area contributed by atoms with E-state index in [1.54, 1.807) is 0 Å². The molecule has 1 heterocycles. The van der Waals surface area contributed by atoms with E-state index in [9.17, 15) is 4.79 Å². The molecule has 3 N–H and O–H groups in total. The summed E-state index contributed by atoms with van der Waals surface area (Å²) in [5, 5.41) is 4.81. The minimum Gasteiger partial charge on any atom is -0.376 e. The average molecular weight is 319 g/mol. The Kier molecular flexibility index (Phi) is 4.19. The molecule has 0 saturated heterocycles. The molecule has 2 rings (SSSR count). The Morgan fingerprint density at radius 3 is 3.06 bits per heavy atom. The van der Waals surface area contributed by atoms with Crippen LogP contribution in [0.15, 0.2) is 15.9 Å². The van der Waals surface area contributed by atoms with Gasteiger partial charge in [0.15, 0.2) is 0 Å². The molecule has 1 amide bonds. The van der Waals surface area contributed by atoms with Gasteiger partial charge in [0, 0.05) is 17.1 Å².